The normalized spacial score (nSPS) is 12.6. The van der Waals surface area contributed by atoms with Crippen molar-refractivity contribution in [2.45, 2.75) is 20.4 Å². The van der Waals surface area contributed by atoms with E-state index in [1.807, 2.05) is 0 Å². The predicted octanol–water partition coefficient (Wildman–Crippen LogP) is 0.519. The monoisotopic (exact) mass is 258 g/mol. The quantitative estimate of drug-likeness (QED) is 0.779. The van der Waals surface area contributed by atoms with Crippen molar-refractivity contribution in [2.75, 3.05) is 12.4 Å². The Bertz CT molecular complexity index is 443. The molecule has 0 aliphatic heterocycles. The molecule has 0 atom stereocenters. The largest absolute Gasteiger partial charge is 0.396 e. The third kappa shape index (κ3) is 5.25. The molecular formula is C11H18N2O3S. The van der Waals surface area contributed by atoms with Crippen molar-refractivity contribution < 1.29 is 13.5 Å². The summed E-state index contributed by atoms with van der Waals surface area (Å²) in [5, 5.41) is 9.04. The highest BCUT2D eigenvalue weighted by molar-refractivity contribution is 7.89. The van der Waals surface area contributed by atoms with Gasteiger partial charge in [0.2, 0.25) is 10.0 Å². The first kappa shape index (κ1) is 14.1. The number of aromatic nitrogens is 1. The van der Waals surface area contributed by atoms with Crippen molar-refractivity contribution in [1.29, 1.82) is 0 Å². The van der Waals surface area contributed by atoms with Crippen molar-refractivity contribution >= 4 is 10.0 Å². The first-order valence-corrected chi connectivity index (χ1v) is 6.97. The lowest BCUT2D eigenvalue weighted by molar-refractivity contribution is 0.178. The predicted molar refractivity (Wildman–Crippen MR) is 65.7 cm³/mol. The third-order valence-electron chi connectivity index (χ3n) is 2.23. The Balaban J connectivity index is 2.57. The molecule has 0 spiro atoms. The smallest absolute Gasteiger partial charge is 0.212 e. The Kier molecular flexibility index (Phi) is 4.62. The van der Waals surface area contributed by atoms with Crippen molar-refractivity contribution in [3.05, 3.63) is 30.1 Å². The number of sulfonamides is 1. The molecule has 0 amide bonds. The summed E-state index contributed by atoms with van der Waals surface area (Å²) in [6, 6.07) is 3.55. The molecule has 96 valence electrons. The van der Waals surface area contributed by atoms with Crippen molar-refractivity contribution in [2.24, 2.45) is 5.41 Å². The van der Waals surface area contributed by atoms with E-state index in [2.05, 4.69) is 9.71 Å². The van der Waals surface area contributed by atoms with Gasteiger partial charge in [-0.2, -0.15) is 0 Å². The highest BCUT2D eigenvalue weighted by Gasteiger charge is 2.25. The first-order chi connectivity index (χ1) is 7.85. The van der Waals surface area contributed by atoms with E-state index in [0.717, 1.165) is 5.56 Å². The van der Waals surface area contributed by atoms with Crippen LogP contribution in [0.25, 0.3) is 0 Å². The molecule has 0 fully saturated rings. The molecule has 0 saturated carbocycles. The first-order valence-electron chi connectivity index (χ1n) is 5.32. The van der Waals surface area contributed by atoms with Gasteiger partial charge < -0.3 is 5.11 Å². The maximum Gasteiger partial charge on any atom is 0.212 e. The van der Waals surface area contributed by atoms with Gasteiger partial charge in [0, 0.05) is 31.0 Å². The van der Waals surface area contributed by atoms with Gasteiger partial charge in [0.25, 0.3) is 0 Å². The summed E-state index contributed by atoms with van der Waals surface area (Å²) in [7, 11) is -3.39. The minimum atomic E-state index is -3.39. The van der Waals surface area contributed by atoms with Crippen molar-refractivity contribution in [3.8, 4) is 0 Å². The maximum atomic E-state index is 11.7. The summed E-state index contributed by atoms with van der Waals surface area (Å²) < 4.78 is 26.0. The summed E-state index contributed by atoms with van der Waals surface area (Å²) >= 11 is 0. The average molecular weight is 258 g/mol. The van der Waals surface area contributed by atoms with Gasteiger partial charge in [-0.25, -0.2) is 13.1 Å². The summed E-state index contributed by atoms with van der Waals surface area (Å²) in [6.45, 7) is 3.46. The lowest BCUT2D eigenvalue weighted by Gasteiger charge is -2.21. The molecule has 0 unspecified atom stereocenters. The number of nitrogens with one attached hydrogen (secondary N) is 1. The fraction of sp³-hybridized carbons (Fsp3) is 0.545. The molecule has 0 bridgehead atoms. The van der Waals surface area contributed by atoms with E-state index in [4.69, 9.17) is 5.11 Å². The molecule has 1 rings (SSSR count). The van der Waals surface area contributed by atoms with E-state index in [9.17, 15) is 8.42 Å². The Morgan fingerprint density at radius 3 is 2.71 bits per heavy atom. The molecule has 0 aliphatic rings. The number of aliphatic hydroxyl groups is 1. The van der Waals surface area contributed by atoms with Crippen LogP contribution in [0.4, 0.5) is 0 Å². The second-order valence-corrected chi connectivity index (χ2v) is 6.57. The number of hydrogen-bond donors (Lipinski definition) is 2. The molecule has 1 aromatic rings. The molecule has 5 nitrogen and oxygen atoms in total. The number of rotatable bonds is 6. The molecule has 6 heteroatoms. The van der Waals surface area contributed by atoms with Crippen LogP contribution < -0.4 is 4.72 Å². The Labute approximate surface area is 102 Å². The summed E-state index contributed by atoms with van der Waals surface area (Å²) in [5.41, 5.74) is 0.165. The second kappa shape index (κ2) is 5.57. The van der Waals surface area contributed by atoms with Crippen LogP contribution in [-0.4, -0.2) is 30.9 Å². The van der Waals surface area contributed by atoms with Crippen LogP contribution in [0.1, 0.15) is 19.4 Å². The molecule has 0 radical (unpaired) electrons. The van der Waals surface area contributed by atoms with Crippen LogP contribution in [0.5, 0.6) is 0 Å². The van der Waals surface area contributed by atoms with Gasteiger partial charge in [-0.1, -0.05) is 19.9 Å². The Morgan fingerprint density at radius 1 is 1.47 bits per heavy atom. The zero-order valence-corrected chi connectivity index (χ0v) is 10.9. The number of nitrogens with zero attached hydrogens (tertiary/aromatic N) is 1. The second-order valence-electron chi connectivity index (χ2n) is 4.76. The Hall–Kier alpha value is -0.980. The van der Waals surface area contributed by atoms with Crippen LogP contribution in [0, 0.1) is 5.41 Å². The van der Waals surface area contributed by atoms with Crippen LogP contribution in [0.15, 0.2) is 24.5 Å². The SMILES string of the molecule is CC(C)(CO)CS(=O)(=O)NCc1cccnc1. The van der Waals surface area contributed by atoms with Crippen LogP contribution >= 0.6 is 0 Å². The Morgan fingerprint density at radius 2 is 2.18 bits per heavy atom. The van der Waals surface area contributed by atoms with Gasteiger partial charge in [0.15, 0.2) is 0 Å². The molecule has 0 saturated heterocycles. The van der Waals surface area contributed by atoms with E-state index < -0.39 is 15.4 Å². The molecule has 1 aromatic heterocycles. The molecule has 0 aliphatic carbocycles. The van der Waals surface area contributed by atoms with Gasteiger partial charge in [-0.3, -0.25) is 4.98 Å². The van der Waals surface area contributed by atoms with E-state index in [0.29, 0.717) is 0 Å². The zero-order valence-electron chi connectivity index (χ0n) is 10.0. The van der Waals surface area contributed by atoms with Crippen LogP contribution in [0.2, 0.25) is 0 Å². The fourth-order valence-corrected chi connectivity index (χ4v) is 2.92. The summed E-state index contributed by atoms with van der Waals surface area (Å²) in [4.78, 5) is 3.90. The molecule has 17 heavy (non-hydrogen) atoms. The molecular weight excluding hydrogens is 240 g/mol. The van der Waals surface area contributed by atoms with Crippen molar-refractivity contribution in [3.63, 3.8) is 0 Å². The standard InChI is InChI=1S/C11H18N2O3S/c1-11(2,8-14)9-17(15,16)13-7-10-4-3-5-12-6-10/h3-6,13-14H,7-9H2,1-2H3. The van der Waals surface area contributed by atoms with E-state index in [1.165, 1.54) is 0 Å². The maximum absolute atomic E-state index is 11.7. The topological polar surface area (TPSA) is 79.3 Å². The summed E-state index contributed by atoms with van der Waals surface area (Å²) in [6.07, 6.45) is 3.24. The average Bonchev–Trinajstić information content (AvgIpc) is 2.27. The van der Waals surface area contributed by atoms with Crippen LogP contribution in [-0.2, 0) is 16.6 Å². The van der Waals surface area contributed by atoms with Gasteiger partial charge in [-0.05, 0) is 11.6 Å². The lowest BCUT2D eigenvalue weighted by atomic mass is 9.98. The number of pyridine rings is 1. The number of hydrogen-bond acceptors (Lipinski definition) is 4. The minimum Gasteiger partial charge on any atom is -0.396 e. The van der Waals surface area contributed by atoms with Crippen molar-refractivity contribution in [1.82, 2.24) is 9.71 Å². The molecule has 2 N–H and O–H groups in total. The molecule has 0 aromatic carbocycles. The summed E-state index contributed by atoms with van der Waals surface area (Å²) in [5.74, 6) is -0.100. The van der Waals surface area contributed by atoms with E-state index >= 15 is 0 Å². The van der Waals surface area contributed by atoms with Gasteiger partial charge in [-0.15, -0.1) is 0 Å². The van der Waals surface area contributed by atoms with E-state index in [-0.39, 0.29) is 18.9 Å². The zero-order chi connectivity index (χ0) is 12.9. The lowest BCUT2D eigenvalue weighted by Crippen LogP contribution is -2.35. The van der Waals surface area contributed by atoms with E-state index in [1.54, 1.807) is 38.4 Å². The fourth-order valence-electron chi connectivity index (χ4n) is 1.31. The highest BCUT2D eigenvalue weighted by atomic mass is 32.2. The highest BCUT2D eigenvalue weighted by Crippen LogP contribution is 2.16. The number of aliphatic hydroxyl groups excluding tert-OH is 1. The van der Waals surface area contributed by atoms with Crippen LogP contribution in [0.3, 0.4) is 0 Å². The third-order valence-corrected chi connectivity index (χ3v) is 3.97. The van der Waals surface area contributed by atoms with Gasteiger partial charge in [0.05, 0.1) is 5.75 Å². The van der Waals surface area contributed by atoms with Gasteiger partial charge in [0.1, 0.15) is 0 Å². The molecule has 1 heterocycles. The van der Waals surface area contributed by atoms with Gasteiger partial charge >= 0.3 is 0 Å². The minimum absolute atomic E-state index is 0.100.